The molecule has 4 rings (SSSR count). The minimum Gasteiger partial charge on any atom is -0.506 e. The molecule has 0 radical (unpaired) electrons. The van der Waals surface area contributed by atoms with E-state index in [0.29, 0.717) is 17.7 Å². The van der Waals surface area contributed by atoms with E-state index in [-0.39, 0.29) is 24.0 Å². The number of carbonyl (C=O) groups excluding carboxylic acids is 1. The largest absolute Gasteiger partial charge is 0.506 e. The van der Waals surface area contributed by atoms with Gasteiger partial charge in [0.2, 0.25) is 11.2 Å². The number of carbonyl (C=O) groups is 1. The fourth-order valence-electron chi connectivity index (χ4n) is 4.08. The predicted molar refractivity (Wildman–Crippen MR) is 97.6 cm³/mol. The molecule has 26 heavy (non-hydrogen) atoms. The summed E-state index contributed by atoms with van der Waals surface area (Å²) in [4.78, 5) is 11.4. The molecule has 1 saturated carbocycles. The van der Waals surface area contributed by atoms with Crippen LogP contribution in [0.4, 0.5) is 15.8 Å². The average Bonchev–Trinajstić information content (AvgIpc) is 3.29. The van der Waals surface area contributed by atoms with Crippen molar-refractivity contribution in [1.82, 2.24) is 10.0 Å². The molecule has 0 bridgehead atoms. The Bertz CT molecular complexity index is 754. The monoisotopic (exact) mass is 382 g/mol. The minimum atomic E-state index is -1.87. The lowest BCUT2D eigenvalue weighted by Gasteiger charge is -2.17. The first-order valence-corrected chi connectivity index (χ1v) is 10.1. The number of nitrogens with one attached hydrogen (secondary N) is 3. The number of aromatic hydroxyl groups is 1. The quantitative estimate of drug-likeness (QED) is 0.613. The number of anilines is 2. The van der Waals surface area contributed by atoms with Crippen LogP contribution in [0.3, 0.4) is 0 Å². The lowest BCUT2D eigenvalue weighted by Crippen LogP contribution is -2.33. The molecule has 142 valence electrons. The summed E-state index contributed by atoms with van der Waals surface area (Å²) >= 11 is -1.87. The number of nitrogens with zero attached hydrogens (tertiary/aromatic N) is 1. The van der Waals surface area contributed by atoms with E-state index < -0.39 is 22.9 Å². The van der Waals surface area contributed by atoms with Crippen LogP contribution in [-0.4, -0.2) is 40.9 Å². The number of rotatable bonds is 5. The molecule has 0 aromatic heterocycles. The zero-order valence-electron chi connectivity index (χ0n) is 14.4. The second kappa shape index (κ2) is 7.03. The summed E-state index contributed by atoms with van der Waals surface area (Å²) < 4.78 is 30.2. The van der Waals surface area contributed by atoms with E-state index in [1.807, 2.05) is 0 Å². The maximum Gasteiger partial charge on any atom is 0.253 e. The SMILES string of the molecule is O=C1CN(c2c(O)cc3c(c2F)CC(CNCC2CCCC2)N3)S(=O)N1. The fourth-order valence-corrected chi connectivity index (χ4v) is 5.03. The predicted octanol–water partition coefficient (Wildman–Crippen LogP) is 1.16. The molecule has 4 N–H and O–H groups in total. The van der Waals surface area contributed by atoms with Gasteiger partial charge < -0.3 is 15.7 Å². The molecule has 1 amide bonds. The number of benzene rings is 1. The van der Waals surface area contributed by atoms with E-state index in [1.54, 1.807) is 0 Å². The average molecular weight is 382 g/mol. The van der Waals surface area contributed by atoms with Crippen molar-refractivity contribution in [2.24, 2.45) is 5.92 Å². The number of phenols is 1. The van der Waals surface area contributed by atoms with Gasteiger partial charge in [-0.15, -0.1) is 0 Å². The molecule has 1 aliphatic carbocycles. The van der Waals surface area contributed by atoms with Gasteiger partial charge in [-0.2, -0.15) is 0 Å². The first-order valence-electron chi connectivity index (χ1n) is 9.03. The van der Waals surface area contributed by atoms with Crippen LogP contribution in [0.25, 0.3) is 0 Å². The first kappa shape index (κ1) is 17.5. The summed E-state index contributed by atoms with van der Waals surface area (Å²) in [7, 11) is 0. The Morgan fingerprint density at radius 3 is 2.81 bits per heavy atom. The Morgan fingerprint density at radius 2 is 2.12 bits per heavy atom. The molecule has 1 saturated heterocycles. The summed E-state index contributed by atoms with van der Waals surface area (Å²) in [6.07, 6.45) is 5.64. The molecule has 2 unspecified atom stereocenters. The van der Waals surface area contributed by atoms with Crippen LogP contribution >= 0.6 is 0 Å². The van der Waals surface area contributed by atoms with Gasteiger partial charge in [0.1, 0.15) is 18.0 Å². The van der Waals surface area contributed by atoms with E-state index in [0.717, 1.165) is 23.3 Å². The highest BCUT2D eigenvalue weighted by Crippen LogP contribution is 2.41. The Balaban J connectivity index is 1.45. The molecule has 3 aliphatic rings. The number of hydrogen-bond acceptors (Lipinski definition) is 5. The fraction of sp³-hybridized carbons (Fsp3) is 0.588. The lowest BCUT2D eigenvalue weighted by atomic mass is 10.1. The van der Waals surface area contributed by atoms with Gasteiger partial charge in [-0.25, -0.2) is 8.60 Å². The highest BCUT2D eigenvalue weighted by atomic mass is 32.2. The zero-order chi connectivity index (χ0) is 18.3. The summed E-state index contributed by atoms with van der Waals surface area (Å²) in [5.41, 5.74) is 0.837. The third-order valence-electron chi connectivity index (χ3n) is 5.37. The number of amides is 1. The molecule has 9 heteroatoms. The van der Waals surface area contributed by atoms with Gasteiger partial charge in [0.05, 0.1) is 0 Å². The van der Waals surface area contributed by atoms with Crippen molar-refractivity contribution in [1.29, 1.82) is 0 Å². The van der Waals surface area contributed by atoms with Crippen LogP contribution in [0.15, 0.2) is 6.07 Å². The van der Waals surface area contributed by atoms with Crippen molar-refractivity contribution < 1.29 is 18.5 Å². The zero-order valence-corrected chi connectivity index (χ0v) is 15.2. The van der Waals surface area contributed by atoms with Gasteiger partial charge in [0.15, 0.2) is 5.82 Å². The van der Waals surface area contributed by atoms with Gasteiger partial charge >= 0.3 is 0 Å². The van der Waals surface area contributed by atoms with Gasteiger partial charge in [0, 0.05) is 29.9 Å². The van der Waals surface area contributed by atoms with E-state index in [4.69, 9.17) is 0 Å². The Hall–Kier alpha value is -1.87. The van der Waals surface area contributed by atoms with E-state index in [2.05, 4.69) is 15.4 Å². The van der Waals surface area contributed by atoms with E-state index in [1.165, 1.54) is 31.7 Å². The van der Waals surface area contributed by atoms with Crippen molar-refractivity contribution in [3.05, 3.63) is 17.4 Å². The molecule has 2 aliphatic heterocycles. The van der Waals surface area contributed by atoms with Crippen LogP contribution in [0, 0.1) is 11.7 Å². The smallest absolute Gasteiger partial charge is 0.253 e. The Labute approximate surface area is 154 Å². The molecular weight excluding hydrogens is 359 g/mol. The van der Waals surface area contributed by atoms with Crippen LogP contribution in [0.1, 0.15) is 31.2 Å². The van der Waals surface area contributed by atoms with Crippen molar-refractivity contribution in [3.63, 3.8) is 0 Å². The van der Waals surface area contributed by atoms with E-state index in [9.17, 15) is 18.5 Å². The van der Waals surface area contributed by atoms with Crippen molar-refractivity contribution in [3.8, 4) is 5.75 Å². The standard InChI is InChI=1S/C17H23FN4O3S/c18-16-12-5-11(8-19-7-10-3-1-2-4-10)20-13(12)6-14(23)17(16)22-9-15(24)21-26(22)25/h6,10-11,19-20,23H,1-5,7-9H2,(H,21,24). The molecule has 7 nitrogen and oxygen atoms in total. The minimum absolute atomic E-state index is 0.0411. The number of halogens is 1. The lowest BCUT2D eigenvalue weighted by molar-refractivity contribution is -0.117. The van der Waals surface area contributed by atoms with Crippen LogP contribution in [-0.2, 0) is 22.4 Å². The van der Waals surface area contributed by atoms with Gasteiger partial charge in [-0.05, 0) is 31.7 Å². The summed E-state index contributed by atoms with van der Waals surface area (Å²) in [6, 6.07) is 1.49. The molecule has 1 aromatic rings. The topological polar surface area (TPSA) is 93.7 Å². The second-order valence-corrected chi connectivity index (χ2v) is 8.39. The third kappa shape index (κ3) is 3.25. The Morgan fingerprint density at radius 1 is 1.35 bits per heavy atom. The normalized spacial score (nSPS) is 25.4. The molecule has 2 atom stereocenters. The van der Waals surface area contributed by atoms with Crippen molar-refractivity contribution >= 4 is 28.5 Å². The summed E-state index contributed by atoms with van der Waals surface area (Å²) in [5.74, 6) is -0.662. The third-order valence-corrected chi connectivity index (χ3v) is 6.48. The molecule has 2 heterocycles. The molecule has 1 aromatic carbocycles. The maximum absolute atomic E-state index is 15.0. The highest BCUT2D eigenvalue weighted by Gasteiger charge is 2.35. The maximum atomic E-state index is 15.0. The number of phenolic OH excluding ortho intramolecular Hbond substituents is 1. The van der Waals surface area contributed by atoms with Crippen LogP contribution in [0.2, 0.25) is 0 Å². The number of hydrogen-bond donors (Lipinski definition) is 4. The number of fused-ring (bicyclic) bond motifs is 1. The molecule has 0 spiro atoms. The van der Waals surface area contributed by atoms with Crippen molar-refractivity contribution in [2.45, 2.75) is 38.1 Å². The Kier molecular flexibility index (Phi) is 4.74. The molecule has 2 fully saturated rings. The van der Waals surface area contributed by atoms with Crippen molar-refractivity contribution in [2.75, 3.05) is 29.3 Å². The summed E-state index contributed by atoms with van der Waals surface area (Å²) in [5, 5.41) is 16.9. The van der Waals surface area contributed by atoms with Crippen LogP contribution in [0.5, 0.6) is 5.75 Å². The summed E-state index contributed by atoms with van der Waals surface area (Å²) in [6.45, 7) is 1.46. The second-order valence-electron chi connectivity index (χ2n) is 7.25. The van der Waals surface area contributed by atoms with E-state index >= 15 is 0 Å². The van der Waals surface area contributed by atoms with Gasteiger partial charge in [-0.1, -0.05) is 12.8 Å². The highest BCUT2D eigenvalue weighted by molar-refractivity contribution is 7.85. The van der Waals surface area contributed by atoms with Gasteiger partial charge in [-0.3, -0.25) is 13.8 Å². The first-order chi connectivity index (χ1) is 12.5. The van der Waals surface area contributed by atoms with Gasteiger partial charge in [0.25, 0.3) is 5.91 Å². The molecular formula is C17H23FN4O3S. The van der Waals surface area contributed by atoms with Crippen LogP contribution < -0.4 is 19.7 Å².